The van der Waals surface area contributed by atoms with Crippen LogP contribution in [0.1, 0.15) is 34.6 Å². The van der Waals surface area contributed by atoms with Crippen LogP contribution < -0.4 is 15.4 Å². The number of sulfone groups is 1. The molecule has 6 nitrogen and oxygen atoms in total. The van der Waals surface area contributed by atoms with Gasteiger partial charge in [0.1, 0.15) is 6.10 Å². The van der Waals surface area contributed by atoms with Gasteiger partial charge in [0.2, 0.25) is 0 Å². The second kappa shape index (κ2) is 11.7. The van der Waals surface area contributed by atoms with E-state index in [4.69, 9.17) is 4.74 Å². The molecule has 2 N–H and O–H groups in total. The van der Waals surface area contributed by atoms with Gasteiger partial charge in [-0.2, -0.15) is 0 Å². The molecule has 0 aliphatic rings. The van der Waals surface area contributed by atoms with Crippen molar-refractivity contribution in [3.05, 3.63) is 30.1 Å². The maximum absolute atomic E-state index is 13.6. The lowest BCUT2D eigenvalue weighted by Crippen LogP contribution is -2.42. The normalized spacial score (nSPS) is 13.5. The van der Waals surface area contributed by atoms with E-state index in [-0.39, 0.29) is 48.1 Å². The molecular formula is C18H31FIN3O3S. The van der Waals surface area contributed by atoms with Gasteiger partial charge in [-0.05, 0) is 46.8 Å². The predicted octanol–water partition coefficient (Wildman–Crippen LogP) is 2.98. The Hall–Kier alpha value is -1.10. The Morgan fingerprint density at radius 3 is 2.44 bits per heavy atom. The van der Waals surface area contributed by atoms with E-state index in [1.165, 1.54) is 6.07 Å². The molecule has 1 atom stereocenters. The van der Waals surface area contributed by atoms with Crippen molar-refractivity contribution in [3.63, 3.8) is 0 Å². The number of hydrogen-bond donors (Lipinski definition) is 2. The summed E-state index contributed by atoms with van der Waals surface area (Å²) < 4.78 is 42.6. The predicted molar refractivity (Wildman–Crippen MR) is 119 cm³/mol. The van der Waals surface area contributed by atoms with E-state index in [0.29, 0.717) is 19.0 Å². The van der Waals surface area contributed by atoms with Gasteiger partial charge in [0.25, 0.3) is 0 Å². The Morgan fingerprint density at radius 2 is 1.89 bits per heavy atom. The molecular weight excluding hydrogens is 484 g/mol. The molecule has 0 radical (unpaired) electrons. The van der Waals surface area contributed by atoms with Crippen molar-refractivity contribution < 1.29 is 17.5 Å². The summed E-state index contributed by atoms with van der Waals surface area (Å²) in [5, 5.41) is 6.06. The molecule has 0 aromatic heterocycles. The van der Waals surface area contributed by atoms with Crippen molar-refractivity contribution >= 4 is 39.8 Å². The first kappa shape index (κ1) is 25.9. The van der Waals surface area contributed by atoms with E-state index in [1.54, 1.807) is 45.9 Å². The zero-order valence-electron chi connectivity index (χ0n) is 16.6. The molecule has 0 aliphatic carbocycles. The zero-order valence-corrected chi connectivity index (χ0v) is 19.7. The van der Waals surface area contributed by atoms with E-state index in [2.05, 4.69) is 15.6 Å². The van der Waals surface area contributed by atoms with Gasteiger partial charge in [0, 0.05) is 13.1 Å². The molecule has 0 fully saturated rings. The number of para-hydroxylation sites is 1. The second-order valence-electron chi connectivity index (χ2n) is 6.94. The molecule has 1 unspecified atom stereocenters. The number of nitrogens with one attached hydrogen (secondary N) is 2. The molecule has 0 heterocycles. The van der Waals surface area contributed by atoms with Crippen LogP contribution in [0.4, 0.5) is 4.39 Å². The maximum Gasteiger partial charge on any atom is 0.191 e. The number of rotatable bonds is 8. The largest absolute Gasteiger partial charge is 0.486 e. The first-order valence-corrected chi connectivity index (χ1v) is 10.4. The summed E-state index contributed by atoms with van der Waals surface area (Å²) in [5.41, 5.74) is 0. The van der Waals surface area contributed by atoms with Gasteiger partial charge in [-0.3, -0.25) is 0 Å². The zero-order chi connectivity index (χ0) is 19.8. The Labute approximate surface area is 179 Å². The number of nitrogens with zero attached hydrogens (tertiary/aromatic N) is 1. The minimum atomic E-state index is -3.20. The molecule has 0 amide bonds. The summed E-state index contributed by atoms with van der Waals surface area (Å²) >= 11 is 0. The highest BCUT2D eigenvalue weighted by Gasteiger charge is 2.28. The third-order valence-corrected chi connectivity index (χ3v) is 6.22. The van der Waals surface area contributed by atoms with Crippen LogP contribution in [0.25, 0.3) is 0 Å². The molecule has 0 bridgehead atoms. The number of aliphatic imine (C=N–C) groups is 1. The fraction of sp³-hybridized carbons (Fsp3) is 0.611. The quantitative estimate of drug-likeness (QED) is 0.316. The lowest BCUT2D eigenvalue weighted by molar-refractivity contribution is 0.220. The fourth-order valence-corrected chi connectivity index (χ4v) is 2.95. The van der Waals surface area contributed by atoms with Crippen molar-refractivity contribution in [1.29, 1.82) is 0 Å². The number of ether oxygens (including phenoxy) is 1. The van der Waals surface area contributed by atoms with Crippen LogP contribution >= 0.6 is 24.0 Å². The van der Waals surface area contributed by atoms with Gasteiger partial charge < -0.3 is 15.4 Å². The van der Waals surface area contributed by atoms with Gasteiger partial charge in [0.05, 0.1) is 17.0 Å². The number of guanidine groups is 1. The Morgan fingerprint density at radius 1 is 1.26 bits per heavy atom. The molecule has 1 aromatic carbocycles. The minimum absolute atomic E-state index is 0. The summed E-state index contributed by atoms with van der Waals surface area (Å²) in [4.78, 5) is 4.37. The average molecular weight is 515 g/mol. The number of hydrogen-bond acceptors (Lipinski definition) is 4. The Kier molecular flexibility index (Phi) is 11.2. The van der Waals surface area contributed by atoms with E-state index in [0.717, 1.165) is 0 Å². The van der Waals surface area contributed by atoms with Crippen LogP contribution in [0, 0.1) is 5.82 Å². The van der Waals surface area contributed by atoms with E-state index in [1.807, 2.05) is 6.92 Å². The third kappa shape index (κ3) is 9.09. The molecule has 0 spiro atoms. The van der Waals surface area contributed by atoms with Crippen LogP contribution in [0.2, 0.25) is 0 Å². The number of halogens is 2. The fourth-order valence-electron chi connectivity index (χ4n) is 1.97. The summed E-state index contributed by atoms with van der Waals surface area (Å²) in [5.74, 6) is 0.285. The standard InChI is InChI=1S/C18H30FN3O3S.HI/c1-6-20-17(21-11-12-26(23,24)18(3,4)5)22-13-14(2)25-16-10-8-7-9-15(16)19;/h7-10,14H,6,11-13H2,1-5H3,(H2,20,21,22);1H. The molecule has 27 heavy (non-hydrogen) atoms. The van der Waals surface area contributed by atoms with Gasteiger partial charge in [-0.15, -0.1) is 24.0 Å². The summed E-state index contributed by atoms with van der Waals surface area (Å²) in [6.07, 6.45) is -0.333. The lowest BCUT2D eigenvalue weighted by Gasteiger charge is -2.20. The maximum atomic E-state index is 13.6. The molecule has 1 aromatic rings. The van der Waals surface area contributed by atoms with Crippen LogP contribution in [0.3, 0.4) is 0 Å². The summed E-state index contributed by atoms with van der Waals surface area (Å²) in [7, 11) is -3.20. The van der Waals surface area contributed by atoms with Gasteiger partial charge in [-0.1, -0.05) is 12.1 Å². The molecule has 0 saturated heterocycles. The Balaban J connectivity index is 0.00000676. The first-order valence-electron chi connectivity index (χ1n) is 8.72. The lowest BCUT2D eigenvalue weighted by atomic mass is 10.3. The average Bonchev–Trinajstić information content (AvgIpc) is 2.53. The third-order valence-electron chi connectivity index (χ3n) is 3.61. The van der Waals surface area contributed by atoms with Gasteiger partial charge in [-0.25, -0.2) is 17.8 Å². The van der Waals surface area contributed by atoms with Crippen molar-refractivity contribution in [2.24, 2.45) is 4.99 Å². The van der Waals surface area contributed by atoms with Gasteiger partial charge in [0.15, 0.2) is 27.4 Å². The van der Waals surface area contributed by atoms with Crippen molar-refractivity contribution in [3.8, 4) is 5.75 Å². The molecule has 0 aliphatic heterocycles. The van der Waals surface area contributed by atoms with Crippen molar-refractivity contribution in [2.45, 2.75) is 45.5 Å². The van der Waals surface area contributed by atoms with E-state index in [9.17, 15) is 12.8 Å². The minimum Gasteiger partial charge on any atom is -0.486 e. The summed E-state index contributed by atoms with van der Waals surface area (Å²) in [6, 6.07) is 6.21. The molecule has 1 rings (SSSR count). The van der Waals surface area contributed by atoms with Crippen LogP contribution in [-0.2, 0) is 9.84 Å². The SMILES string of the molecule is CCNC(=NCC(C)Oc1ccccc1F)NCCS(=O)(=O)C(C)(C)C.I. The van der Waals surface area contributed by atoms with Gasteiger partial charge >= 0.3 is 0 Å². The van der Waals surface area contributed by atoms with E-state index >= 15 is 0 Å². The highest BCUT2D eigenvalue weighted by Crippen LogP contribution is 2.17. The molecule has 9 heteroatoms. The highest BCUT2D eigenvalue weighted by atomic mass is 127. The van der Waals surface area contributed by atoms with Crippen LogP contribution in [0.15, 0.2) is 29.3 Å². The molecule has 156 valence electrons. The van der Waals surface area contributed by atoms with Crippen molar-refractivity contribution in [2.75, 3.05) is 25.4 Å². The monoisotopic (exact) mass is 515 g/mol. The van der Waals surface area contributed by atoms with Crippen molar-refractivity contribution in [1.82, 2.24) is 10.6 Å². The second-order valence-corrected chi connectivity index (χ2v) is 9.80. The first-order chi connectivity index (χ1) is 12.1. The van der Waals surface area contributed by atoms with Crippen LogP contribution in [-0.4, -0.2) is 50.6 Å². The summed E-state index contributed by atoms with van der Waals surface area (Å²) in [6.45, 7) is 9.96. The Bertz CT molecular complexity index is 706. The highest BCUT2D eigenvalue weighted by molar-refractivity contribution is 14.0. The topological polar surface area (TPSA) is 79.8 Å². The smallest absolute Gasteiger partial charge is 0.191 e. The number of benzene rings is 1. The van der Waals surface area contributed by atoms with Crippen LogP contribution in [0.5, 0.6) is 5.75 Å². The van der Waals surface area contributed by atoms with E-state index < -0.39 is 20.4 Å². The molecule has 0 saturated carbocycles.